The Morgan fingerprint density at radius 1 is 1.27 bits per heavy atom. The molecular formula is C20H29N5O5. The minimum atomic E-state index is -0.444. The maximum atomic E-state index is 12.0. The molecule has 1 aromatic rings. The zero-order valence-electron chi connectivity index (χ0n) is 17.7. The molecule has 0 saturated carbocycles. The van der Waals surface area contributed by atoms with Gasteiger partial charge in [-0.15, -0.1) is 0 Å². The predicted molar refractivity (Wildman–Crippen MR) is 112 cm³/mol. The number of hydrogen-bond donors (Lipinski definition) is 1. The molecule has 0 aliphatic carbocycles. The van der Waals surface area contributed by atoms with Gasteiger partial charge in [0.1, 0.15) is 0 Å². The van der Waals surface area contributed by atoms with Gasteiger partial charge in [-0.05, 0) is 25.3 Å². The number of carbonyl (C=O) groups excluding carboxylic acids is 2. The molecule has 164 valence electrons. The van der Waals surface area contributed by atoms with Crippen LogP contribution < -0.4 is 5.32 Å². The van der Waals surface area contributed by atoms with Crippen molar-refractivity contribution in [3.8, 4) is 0 Å². The summed E-state index contributed by atoms with van der Waals surface area (Å²) in [6.45, 7) is 3.81. The molecule has 1 N–H and O–H groups in total. The van der Waals surface area contributed by atoms with E-state index in [1.165, 1.54) is 17.0 Å². The van der Waals surface area contributed by atoms with Gasteiger partial charge in [-0.1, -0.05) is 12.1 Å². The number of aliphatic imine (C=N–C) groups is 1. The second-order valence-electron chi connectivity index (χ2n) is 7.22. The Morgan fingerprint density at radius 3 is 2.43 bits per heavy atom. The molecule has 1 saturated heterocycles. The Balaban J connectivity index is 2.06. The number of nitro groups is 1. The first-order chi connectivity index (χ1) is 14.3. The van der Waals surface area contributed by atoms with E-state index in [4.69, 9.17) is 4.74 Å². The van der Waals surface area contributed by atoms with Crippen LogP contribution in [0.3, 0.4) is 0 Å². The summed E-state index contributed by atoms with van der Waals surface area (Å²) < 4.78 is 5.11. The Hall–Kier alpha value is -3.17. The molecule has 1 heterocycles. The summed E-state index contributed by atoms with van der Waals surface area (Å²) in [6, 6.07) is 6.21. The third-order valence-electron chi connectivity index (χ3n) is 4.87. The van der Waals surface area contributed by atoms with Crippen molar-refractivity contribution in [2.75, 3.05) is 40.3 Å². The summed E-state index contributed by atoms with van der Waals surface area (Å²) in [5, 5.41) is 13.9. The van der Waals surface area contributed by atoms with E-state index >= 15 is 0 Å². The molecular weight excluding hydrogens is 390 g/mol. The fourth-order valence-corrected chi connectivity index (χ4v) is 3.06. The molecule has 0 atom stereocenters. The lowest BCUT2D eigenvalue weighted by molar-refractivity contribution is -0.384. The maximum Gasteiger partial charge on any atom is 0.309 e. The van der Waals surface area contributed by atoms with E-state index in [0.29, 0.717) is 45.0 Å². The molecule has 0 unspecified atom stereocenters. The number of rotatable bonds is 7. The third-order valence-corrected chi connectivity index (χ3v) is 4.87. The number of nitrogens with one attached hydrogen (secondary N) is 1. The third kappa shape index (κ3) is 6.71. The number of non-ortho nitro benzene ring substituents is 1. The zero-order valence-corrected chi connectivity index (χ0v) is 17.7. The average molecular weight is 419 g/mol. The number of nitrogens with zero attached hydrogens (tertiary/aromatic N) is 4. The molecule has 30 heavy (non-hydrogen) atoms. The van der Waals surface area contributed by atoms with E-state index in [0.717, 1.165) is 5.56 Å². The Kier molecular flexibility index (Phi) is 8.57. The lowest BCUT2D eigenvalue weighted by atomic mass is 9.97. The van der Waals surface area contributed by atoms with Gasteiger partial charge in [-0.2, -0.15) is 0 Å². The Bertz CT molecular complexity index is 770. The summed E-state index contributed by atoms with van der Waals surface area (Å²) in [5.41, 5.74) is 0.846. The van der Waals surface area contributed by atoms with Crippen LogP contribution >= 0.6 is 0 Å². The molecule has 1 aliphatic rings. The van der Waals surface area contributed by atoms with E-state index in [-0.39, 0.29) is 30.0 Å². The highest BCUT2D eigenvalue weighted by molar-refractivity contribution is 5.86. The highest BCUT2D eigenvalue weighted by Gasteiger charge is 2.27. The zero-order chi connectivity index (χ0) is 22.1. The predicted octanol–water partition coefficient (Wildman–Crippen LogP) is 1.40. The standard InChI is InChI=1S/C20H29N5O5/c1-4-30-19(27)16-9-11-24(12-10-16)20(22-14-18(26)23(2)3)21-13-15-5-7-17(8-6-15)25(28)29/h5-8,16H,4,9-14H2,1-3H3,(H,21,22). The number of esters is 1. The molecule has 0 aromatic heterocycles. The van der Waals surface area contributed by atoms with Gasteiger partial charge in [0.05, 0.1) is 30.5 Å². The Morgan fingerprint density at radius 2 is 1.90 bits per heavy atom. The number of hydrogen-bond acceptors (Lipinski definition) is 6. The number of guanidine groups is 1. The molecule has 0 bridgehead atoms. The molecule has 1 amide bonds. The molecule has 0 radical (unpaired) electrons. The summed E-state index contributed by atoms with van der Waals surface area (Å²) in [4.78, 5) is 42.4. The highest BCUT2D eigenvalue weighted by atomic mass is 16.6. The van der Waals surface area contributed by atoms with Crippen molar-refractivity contribution in [2.24, 2.45) is 10.9 Å². The van der Waals surface area contributed by atoms with Crippen molar-refractivity contribution in [3.63, 3.8) is 0 Å². The number of likely N-dealkylation sites (tertiary alicyclic amines) is 1. The number of nitro benzene ring substituents is 1. The van der Waals surface area contributed by atoms with E-state index in [2.05, 4.69) is 10.3 Å². The fourth-order valence-electron chi connectivity index (χ4n) is 3.06. The van der Waals surface area contributed by atoms with Crippen LogP contribution in [-0.4, -0.2) is 72.9 Å². The lowest BCUT2D eigenvalue weighted by Crippen LogP contribution is -2.49. The summed E-state index contributed by atoms with van der Waals surface area (Å²) in [6.07, 6.45) is 1.30. The first-order valence-electron chi connectivity index (χ1n) is 9.95. The minimum Gasteiger partial charge on any atom is -0.466 e. The van der Waals surface area contributed by atoms with Crippen LogP contribution in [0.5, 0.6) is 0 Å². The number of likely N-dealkylation sites (N-methyl/N-ethyl adjacent to an activating group) is 1. The molecule has 1 fully saturated rings. The largest absolute Gasteiger partial charge is 0.466 e. The number of piperidine rings is 1. The van der Waals surface area contributed by atoms with Gasteiger partial charge in [-0.25, -0.2) is 4.99 Å². The number of ether oxygens (including phenoxy) is 1. The van der Waals surface area contributed by atoms with Crippen LogP contribution in [0.4, 0.5) is 5.69 Å². The Labute approximate surface area is 176 Å². The van der Waals surface area contributed by atoms with Gasteiger partial charge in [0, 0.05) is 39.3 Å². The second kappa shape index (κ2) is 11.1. The quantitative estimate of drug-likeness (QED) is 0.233. The SMILES string of the molecule is CCOC(=O)C1CCN(C(=NCc2ccc([N+](=O)[O-])cc2)NCC(=O)N(C)C)CC1. The summed E-state index contributed by atoms with van der Waals surface area (Å²) in [7, 11) is 3.37. The minimum absolute atomic E-state index is 0.0266. The van der Waals surface area contributed by atoms with Crippen LogP contribution in [-0.2, 0) is 20.9 Å². The number of carbonyl (C=O) groups is 2. The highest BCUT2D eigenvalue weighted by Crippen LogP contribution is 2.19. The molecule has 2 rings (SSSR count). The van der Waals surface area contributed by atoms with E-state index in [9.17, 15) is 19.7 Å². The monoisotopic (exact) mass is 419 g/mol. The molecule has 1 aromatic carbocycles. The average Bonchev–Trinajstić information content (AvgIpc) is 2.74. The van der Waals surface area contributed by atoms with E-state index in [1.54, 1.807) is 33.2 Å². The first-order valence-corrected chi connectivity index (χ1v) is 9.95. The lowest BCUT2D eigenvalue weighted by Gasteiger charge is -2.33. The van der Waals surface area contributed by atoms with Crippen molar-refractivity contribution in [1.29, 1.82) is 0 Å². The molecule has 1 aliphatic heterocycles. The van der Waals surface area contributed by atoms with Crippen molar-refractivity contribution >= 4 is 23.5 Å². The second-order valence-corrected chi connectivity index (χ2v) is 7.22. The summed E-state index contributed by atoms with van der Waals surface area (Å²) >= 11 is 0. The van der Waals surface area contributed by atoms with Crippen molar-refractivity contribution in [3.05, 3.63) is 39.9 Å². The molecule has 0 spiro atoms. The van der Waals surface area contributed by atoms with Gasteiger partial charge >= 0.3 is 5.97 Å². The molecule has 10 nitrogen and oxygen atoms in total. The number of amides is 1. The van der Waals surface area contributed by atoms with Crippen LogP contribution in [0.15, 0.2) is 29.3 Å². The fraction of sp³-hybridized carbons (Fsp3) is 0.550. The van der Waals surface area contributed by atoms with Crippen LogP contribution in [0.1, 0.15) is 25.3 Å². The van der Waals surface area contributed by atoms with Crippen LogP contribution in [0.25, 0.3) is 0 Å². The van der Waals surface area contributed by atoms with Crippen LogP contribution in [0.2, 0.25) is 0 Å². The van der Waals surface area contributed by atoms with Gasteiger partial charge in [-0.3, -0.25) is 19.7 Å². The van der Waals surface area contributed by atoms with Gasteiger partial charge < -0.3 is 19.9 Å². The van der Waals surface area contributed by atoms with Crippen molar-refractivity contribution < 1.29 is 19.2 Å². The van der Waals surface area contributed by atoms with Crippen molar-refractivity contribution in [2.45, 2.75) is 26.3 Å². The van der Waals surface area contributed by atoms with Crippen molar-refractivity contribution in [1.82, 2.24) is 15.1 Å². The smallest absolute Gasteiger partial charge is 0.309 e. The summed E-state index contributed by atoms with van der Waals surface area (Å²) in [5.74, 6) is 0.197. The normalized spacial score (nSPS) is 14.9. The first kappa shape index (κ1) is 23.1. The maximum absolute atomic E-state index is 12.0. The topological polar surface area (TPSA) is 117 Å². The number of benzene rings is 1. The van der Waals surface area contributed by atoms with E-state index in [1.807, 2.05) is 4.90 Å². The van der Waals surface area contributed by atoms with Gasteiger partial charge in [0.2, 0.25) is 5.91 Å². The van der Waals surface area contributed by atoms with Crippen LogP contribution in [0, 0.1) is 16.0 Å². The van der Waals surface area contributed by atoms with E-state index < -0.39 is 4.92 Å². The van der Waals surface area contributed by atoms with Gasteiger partial charge in [0.15, 0.2) is 5.96 Å². The van der Waals surface area contributed by atoms with Gasteiger partial charge in [0.25, 0.3) is 5.69 Å². The molecule has 10 heteroatoms.